The van der Waals surface area contributed by atoms with Gasteiger partial charge >= 0.3 is 0 Å². The van der Waals surface area contributed by atoms with Gasteiger partial charge in [0.1, 0.15) is 4.90 Å². The molecule has 0 unspecified atom stereocenters. The van der Waals surface area contributed by atoms with E-state index in [1.807, 2.05) is 0 Å². The van der Waals surface area contributed by atoms with Crippen LogP contribution in [-0.2, 0) is 10.0 Å². The van der Waals surface area contributed by atoms with Crippen LogP contribution in [0, 0.1) is 0 Å². The Hall–Kier alpha value is -1.31. The van der Waals surface area contributed by atoms with Crippen LogP contribution in [0.2, 0.25) is 5.02 Å². The number of halogens is 1. The highest BCUT2D eigenvalue weighted by Gasteiger charge is 2.26. The highest BCUT2D eigenvalue weighted by Crippen LogP contribution is 2.31. The zero-order valence-electron chi connectivity index (χ0n) is 10.8. The van der Waals surface area contributed by atoms with Crippen molar-refractivity contribution in [2.75, 3.05) is 7.11 Å². The molecular formula is C12H15ClN2O4S. The number of carbonyl (C=O) groups excluding carboxylic acids is 1. The van der Waals surface area contributed by atoms with Crippen LogP contribution in [-0.4, -0.2) is 27.5 Å². The van der Waals surface area contributed by atoms with Gasteiger partial charge in [-0.1, -0.05) is 11.6 Å². The molecule has 0 atom stereocenters. The number of methoxy groups -OCH3 is 1. The first-order valence-electron chi connectivity index (χ1n) is 6.04. The van der Waals surface area contributed by atoms with Crippen LogP contribution in [0.3, 0.4) is 0 Å². The van der Waals surface area contributed by atoms with Crippen molar-refractivity contribution in [3.63, 3.8) is 0 Å². The van der Waals surface area contributed by atoms with E-state index in [0.717, 1.165) is 25.3 Å². The molecule has 6 nitrogen and oxygen atoms in total. The summed E-state index contributed by atoms with van der Waals surface area (Å²) in [5, 5.41) is 8.02. The average Bonchev–Trinajstić information content (AvgIpc) is 2.31. The molecule has 0 spiro atoms. The molecule has 0 aliphatic heterocycles. The van der Waals surface area contributed by atoms with Gasteiger partial charge in [-0.15, -0.1) is 0 Å². The second kappa shape index (κ2) is 5.59. The molecule has 1 amide bonds. The van der Waals surface area contributed by atoms with Gasteiger partial charge in [0, 0.05) is 11.1 Å². The van der Waals surface area contributed by atoms with E-state index >= 15 is 0 Å². The number of ether oxygens (including phenoxy) is 1. The summed E-state index contributed by atoms with van der Waals surface area (Å²) in [6, 6.07) is 2.64. The first-order chi connectivity index (χ1) is 9.32. The Morgan fingerprint density at radius 3 is 2.55 bits per heavy atom. The molecular weight excluding hydrogens is 304 g/mol. The Bertz CT molecular complexity index is 641. The Balaban J connectivity index is 2.45. The monoisotopic (exact) mass is 318 g/mol. The highest BCUT2D eigenvalue weighted by molar-refractivity contribution is 7.89. The molecule has 3 N–H and O–H groups in total. The summed E-state index contributed by atoms with van der Waals surface area (Å²) < 4.78 is 28.1. The number of amides is 1. The Labute approximate surface area is 122 Å². The predicted molar refractivity (Wildman–Crippen MR) is 74.5 cm³/mol. The number of hydrogen-bond donors (Lipinski definition) is 2. The van der Waals surface area contributed by atoms with Gasteiger partial charge < -0.3 is 10.1 Å². The fraction of sp³-hybridized carbons (Fsp3) is 0.417. The summed E-state index contributed by atoms with van der Waals surface area (Å²) in [6.07, 6.45) is 2.90. The number of rotatable bonds is 4. The molecule has 1 aromatic rings. The van der Waals surface area contributed by atoms with Crippen LogP contribution >= 0.6 is 11.6 Å². The maximum Gasteiger partial charge on any atom is 0.255 e. The normalized spacial score (nSPS) is 15.6. The van der Waals surface area contributed by atoms with E-state index in [1.165, 1.54) is 13.2 Å². The lowest BCUT2D eigenvalue weighted by atomic mass is 9.93. The third-order valence-electron chi connectivity index (χ3n) is 3.22. The van der Waals surface area contributed by atoms with Crippen molar-refractivity contribution in [1.82, 2.24) is 5.32 Å². The maximum absolute atomic E-state index is 12.2. The number of nitrogens with one attached hydrogen (secondary N) is 1. The van der Waals surface area contributed by atoms with Gasteiger partial charge in [0.2, 0.25) is 10.0 Å². The standard InChI is InChI=1S/C12H15ClN2O4S/c1-19-11-9(12(16)15-8-3-2-4-8)5-7(13)6-10(11)20(14,17)18/h5-6,8H,2-4H2,1H3,(H,15,16)(H2,14,17,18). The van der Waals surface area contributed by atoms with Crippen molar-refractivity contribution in [2.45, 2.75) is 30.2 Å². The molecule has 1 aliphatic carbocycles. The van der Waals surface area contributed by atoms with E-state index in [9.17, 15) is 13.2 Å². The molecule has 0 bridgehead atoms. The third kappa shape index (κ3) is 3.05. The lowest BCUT2D eigenvalue weighted by molar-refractivity contribution is 0.0913. The lowest BCUT2D eigenvalue weighted by Gasteiger charge is -2.26. The third-order valence-corrected chi connectivity index (χ3v) is 4.35. The van der Waals surface area contributed by atoms with Gasteiger partial charge in [-0.25, -0.2) is 13.6 Å². The van der Waals surface area contributed by atoms with Crippen LogP contribution < -0.4 is 15.2 Å². The summed E-state index contributed by atoms with van der Waals surface area (Å²) in [5.41, 5.74) is 0.0657. The van der Waals surface area contributed by atoms with E-state index in [-0.39, 0.29) is 27.3 Å². The van der Waals surface area contributed by atoms with Crippen molar-refractivity contribution in [1.29, 1.82) is 0 Å². The van der Waals surface area contributed by atoms with Crippen molar-refractivity contribution in [3.05, 3.63) is 22.7 Å². The zero-order valence-corrected chi connectivity index (χ0v) is 12.4. The van der Waals surface area contributed by atoms with Crippen molar-refractivity contribution < 1.29 is 17.9 Å². The van der Waals surface area contributed by atoms with E-state index in [1.54, 1.807) is 0 Å². The van der Waals surface area contributed by atoms with Crippen LogP contribution in [0.1, 0.15) is 29.6 Å². The highest BCUT2D eigenvalue weighted by atomic mass is 35.5. The average molecular weight is 319 g/mol. The molecule has 1 aliphatic rings. The molecule has 1 fully saturated rings. The van der Waals surface area contributed by atoms with Crippen LogP contribution in [0.5, 0.6) is 5.75 Å². The first-order valence-corrected chi connectivity index (χ1v) is 7.96. The summed E-state index contributed by atoms with van der Waals surface area (Å²) in [4.78, 5) is 11.9. The van der Waals surface area contributed by atoms with Crippen molar-refractivity contribution in [2.24, 2.45) is 5.14 Å². The van der Waals surface area contributed by atoms with Crippen LogP contribution in [0.25, 0.3) is 0 Å². The number of nitrogens with two attached hydrogens (primary N) is 1. The van der Waals surface area contributed by atoms with Crippen LogP contribution in [0.4, 0.5) is 0 Å². The Morgan fingerprint density at radius 1 is 1.45 bits per heavy atom. The zero-order chi connectivity index (χ0) is 14.9. The van der Waals surface area contributed by atoms with Gasteiger partial charge in [-0.3, -0.25) is 4.79 Å². The fourth-order valence-electron chi connectivity index (χ4n) is 1.97. The number of benzene rings is 1. The summed E-state index contributed by atoms with van der Waals surface area (Å²) in [5.74, 6) is -0.507. The molecule has 0 saturated heterocycles. The smallest absolute Gasteiger partial charge is 0.255 e. The molecule has 20 heavy (non-hydrogen) atoms. The second-order valence-corrected chi connectivity index (χ2v) is 6.60. The topological polar surface area (TPSA) is 98.5 Å². The van der Waals surface area contributed by atoms with E-state index in [0.29, 0.717) is 0 Å². The predicted octanol–water partition coefficient (Wildman–Crippen LogP) is 1.28. The fourth-order valence-corrected chi connectivity index (χ4v) is 3.00. The van der Waals surface area contributed by atoms with Crippen molar-refractivity contribution in [3.8, 4) is 5.75 Å². The van der Waals surface area contributed by atoms with E-state index in [4.69, 9.17) is 21.5 Å². The lowest BCUT2D eigenvalue weighted by Crippen LogP contribution is -2.39. The van der Waals surface area contributed by atoms with E-state index in [2.05, 4.69) is 5.32 Å². The van der Waals surface area contributed by atoms with Gasteiger partial charge in [0.05, 0.1) is 12.7 Å². The molecule has 110 valence electrons. The molecule has 1 saturated carbocycles. The van der Waals surface area contributed by atoms with Gasteiger partial charge in [-0.05, 0) is 31.4 Å². The molecule has 0 radical (unpaired) electrons. The first kappa shape index (κ1) is 15.1. The molecule has 0 aromatic heterocycles. The SMILES string of the molecule is COc1c(C(=O)NC2CCC2)cc(Cl)cc1S(N)(=O)=O. The molecule has 1 aromatic carbocycles. The minimum atomic E-state index is -4.03. The summed E-state index contributed by atoms with van der Waals surface area (Å²) >= 11 is 5.86. The largest absolute Gasteiger partial charge is 0.494 e. The van der Waals surface area contributed by atoms with Gasteiger partial charge in [0.25, 0.3) is 5.91 Å². The summed E-state index contributed by atoms with van der Waals surface area (Å²) in [6.45, 7) is 0. The van der Waals surface area contributed by atoms with Crippen LogP contribution in [0.15, 0.2) is 17.0 Å². The maximum atomic E-state index is 12.2. The van der Waals surface area contributed by atoms with Gasteiger partial charge in [0.15, 0.2) is 5.75 Å². The Kier molecular flexibility index (Phi) is 4.22. The number of primary sulfonamides is 1. The molecule has 8 heteroatoms. The van der Waals surface area contributed by atoms with Crippen molar-refractivity contribution >= 4 is 27.5 Å². The quantitative estimate of drug-likeness (QED) is 0.873. The minimum Gasteiger partial charge on any atom is -0.494 e. The second-order valence-electron chi connectivity index (χ2n) is 4.63. The number of sulfonamides is 1. The van der Waals surface area contributed by atoms with Gasteiger partial charge in [-0.2, -0.15) is 0 Å². The Morgan fingerprint density at radius 2 is 2.10 bits per heavy atom. The number of carbonyl (C=O) groups is 1. The molecule has 2 rings (SSSR count). The molecule has 0 heterocycles. The minimum absolute atomic E-state index is 0.0657. The number of hydrogen-bond acceptors (Lipinski definition) is 4. The summed E-state index contributed by atoms with van der Waals surface area (Å²) in [7, 11) is -2.76. The van der Waals surface area contributed by atoms with E-state index < -0.39 is 15.9 Å².